The van der Waals surface area contributed by atoms with Crippen molar-refractivity contribution in [1.29, 1.82) is 0 Å². The van der Waals surface area contributed by atoms with Gasteiger partial charge in [-0.15, -0.1) is 0 Å². The molecule has 0 spiro atoms. The van der Waals surface area contributed by atoms with E-state index in [2.05, 4.69) is 23.7 Å². The SMILES string of the molecule is Cc1cc(N2CC(C)CC(C)C2)c(C(=O)O)cn1. The second-order valence-corrected chi connectivity index (χ2v) is 5.50. The van der Waals surface area contributed by atoms with Gasteiger partial charge >= 0.3 is 5.97 Å². The lowest BCUT2D eigenvalue weighted by atomic mass is 9.91. The van der Waals surface area contributed by atoms with Gasteiger partial charge in [-0.05, 0) is 31.2 Å². The first-order valence-corrected chi connectivity index (χ1v) is 6.42. The standard InChI is InChI=1S/C14H20N2O2/c1-9-4-10(2)8-16(7-9)13-5-11(3)15-6-12(13)14(17)18/h5-6,9-10H,4,7-8H2,1-3H3,(H,17,18). The van der Waals surface area contributed by atoms with E-state index in [0.717, 1.165) is 24.5 Å². The Hall–Kier alpha value is -1.58. The number of aryl methyl sites for hydroxylation is 1. The largest absolute Gasteiger partial charge is 0.478 e. The minimum atomic E-state index is -0.900. The number of hydrogen-bond donors (Lipinski definition) is 1. The van der Waals surface area contributed by atoms with E-state index in [0.29, 0.717) is 17.4 Å². The zero-order valence-electron chi connectivity index (χ0n) is 11.2. The average Bonchev–Trinajstić information content (AvgIpc) is 2.27. The quantitative estimate of drug-likeness (QED) is 0.874. The lowest BCUT2D eigenvalue weighted by molar-refractivity contribution is 0.0697. The summed E-state index contributed by atoms with van der Waals surface area (Å²) >= 11 is 0. The average molecular weight is 248 g/mol. The van der Waals surface area contributed by atoms with Crippen LogP contribution in [-0.4, -0.2) is 29.1 Å². The van der Waals surface area contributed by atoms with Gasteiger partial charge in [0.2, 0.25) is 0 Å². The molecule has 0 bridgehead atoms. The third-order valence-corrected chi connectivity index (χ3v) is 3.46. The second-order valence-electron chi connectivity index (χ2n) is 5.50. The first-order chi connectivity index (χ1) is 8.47. The summed E-state index contributed by atoms with van der Waals surface area (Å²) in [5, 5.41) is 9.25. The number of aromatic carboxylic acids is 1. The van der Waals surface area contributed by atoms with E-state index in [9.17, 15) is 9.90 Å². The van der Waals surface area contributed by atoms with Crippen LogP contribution in [0.2, 0.25) is 0 Å². The smallest absolute Gasteiger partial charge is 0.339 e. The molecule has 98 valence electrons. The van der Waals surface area contributed by atoms with Crippen molar-refractivity contribution in [3.8, 4) is 0 Å². The Kier molecular flexibility index (Phi) is 3.55. The Morgan fingerprint density at radius 1 is 1.39 bits per heavy atom. The zero-order chi connectivity index (χ0) is 13.3. The summed E-state index contributed by atoms with van der Waals surface area (Å²) in [5.74, 6) is 0.302. The molecule has 2 atom stereocenters. The van der Waals surface area contributed by atoms with E-state index in [1.54, 1.807) is 0 Å². The maximum Gasteiger partial charge on any atom is 0.339 e. The number of anilines is 1. The molecule has 1 aliphatic rings. The molecule has 0 saturated carbocycles. The first kappa shape index (κ1) is 12.9. The minimum Gasteiger partial charge on any atom is -0.478 e. The first-order valence-electron chi connectivity index (χ1n) is 6.42. The molecule has 1 aromatic heterocycles. The van der Waals surface area contributed by atoms with Crippen molar-refractivity contribution >= 4 is 11.7 Å². The van der Waals surface area contributed by atoms with Crippen LogP contribution in [0.15, 0.2) is 12.3 Å². The van der Waals surface area contributed by atoms with E-state index in [1.807, 2.05) is 13.0 Å². The third kappa shape index (κ3) is 2.63. The van der Waals surface area contributed by atoms with Crippen molar-refractivity contribution in [1.82, 2.24) is 4.98 Å². The highest BCUT2D eigenvalue weighted by Gasteiger charge is 2.25. The number of pyridine rings is 1. The molecule has 0 amide bonds. The van der Waals surface area contributed by atoms with Gasteiger partial charge < -0.3 is 10.0 Å². The van der Waals surface area contributed by atoms with Crippen LogP contribution in [0.5, 0.6) is 0 Å². The van der Waals surface area contributed by atoms with Crippen LogP contribution in [0, 0.1) is 18.8 Å². The topological polar surface area (TPSA) is 53.4 Å². The maximum atomic E-state index is 11.3. The molecule has 1 aliphatic heterocycles. The number of carboxylic acid groups (broad SMARTS) is 1. The molecule has 1 saturated heterocycles. The molecule has 4 nitrogen and oxygen atoms in total. The maximum absolute atomic E-state index is 11.3. The molecule has 1 aromatic rings. The fraction of sp³-hybridized carbons (Fsp3) is 0.571. The summed E-state index contributed by atoms with van der Waals surface area (Å²) < 4.78 is 0. The Labute approximate surface area is 108 Å². The van der Waals surface area contributed by atoms with Gasteiger partial charge in [0.1, 0.15) is 5.56 Å². The van der Waals surface area contributed by atoms with Gasteiger partial charge in [-0.25, -0.2) is 4.79 Å². The van der Waals surface area contributed by atoms with Crippen molar-refractivity contribution in [2.24, 2.45) is 11.8 Å². The highest BCUT2D eigenvalue weighted by atomic mass is 16.4. The van der Waals surface area contributed by atoms with Crippen molar-refractivity contribution in [2.75, 3.05) is 18.0 Å². The summed E-state index contributed by atoms with van der Waals surface area (Å²) in [4.78, 5) is 17.5. The van der Waals surface area contributed by atoms with Crippen molar-refractivity contribution in [2.45, 2.75) is 27.2 Å². The summed E-state index contributed by atoms with van der Waals surface area (Å²) in [6.45, 7) is 8.18. The van der Waals surface area contributed by atoms with Crippen LogP contribution >= 0.6 is 0 Å². The fourth-order valence-corrected chi connectivity index (χ4v) is 2.83. The Balaban J connectivity index is 2.36. The summed E-state index contributed by atoms with van der Waals surface area (Å²) in [7, 11) is 0. The van der Waals surface area contributed by atoms with E-state index in [1.165, 1.54) is 12.6 Å². The minimum absolute atomic E-state index is 0.307. The fourth-order valence-electron chi connectivity index (χ4n) is 2.83. The van der Waals surface area contributed by atoms with E-state index >= 15 is 0 Å². The van der Waals surface area contributed by atoms with Gasteiger partial charge in [0.05, 0.1) is 5.69 Å². The molecule has 0 aliphatic carbocycles. The Morgan fingerprint density at radius 3 is 2.56 bits per heavy atom. The van der Waals surface area contributed by atoms with Gasteiger partial charge in [0.25, 0.3) is 0 Å². The number of carboxylic acids is 1. The predicted molar refractivity (Wildman–Crippen MR) is 71.1 cm³/mol. The van der Waals surface area contributed by atoms with E-state index in [4.69, 9.17) is 0 Å². The lowest BCUT2D eigenvalue weighted by Gasteiger charge is -2.37. The molecule has 1 fully saturated rings. The van der Waals surface area contributed by atoms with Gasteiger partial charge in [0, 0.05) is 25.0 Å². The van der Waals surface area contributed by atoms with Gasteiger partial charge in [-0.2, -0.15) is 0 Å². The Bertz CT molecular complexity index is 449. The van der Waals surface area contributed by atoms with Crippen molar-refractivity contribution < 1.29 is 9.90 Å². The molecule has 2 rings (SSSR count). The normalized spacial score (nSPS) is 24.1. The number of piperidine rings is 1. The molecule has 2 unspecified atom stereocenters. The number of aromatic nitrogens is 1. The molecule has 1 N–H and O–H groups in total. The summed E-state index contributed by atoms with van der Waals surface area (Å²) in [5.41, 5.74) is 1.98. The summed E-state index contributed by atoms with van der Waals surface area (Å²) in [6, 6.07) is 1.88. The molecule has 0 aromatic carbocycles. The molecule has 18 heavy (non-hydrogen) atoms. The molecular formula is C14H20N2O2. The van der Waals surface area contributed by atoms with Crippen LogP contribution in [0.4, 0.5) is 5.69 Å². The van der Waals surface area contributed by atoms with Crippen LogP contribution in [0.1, 0.15) is 36.3 Å². The molecular weight excluding hydrogens is 228 g/mol. The Morgan fingerprint density at radius 2 is 2.00 bits per heavy atom. The monoisotopic (exact) mass is 248 g/mol. The zero-order valence-corrected chi connectivity index (χ0v) is 11.2. The van der Waals surface area contributed by atoms with E-state index in [-0.39, 0.29) is 0 Å². The predicted octanol–water partition coefficient (Wildman–Crippen LogP) is 2.57. The molecule has 2 heterocycles. The second kappa shape index (κ2) is 4.96. The number of hydrogen-bond acceptors (Lipinski definition) is 3. The highest BCUT2D eigenvalue weighted by molar-refractivity contribution is 5.94. The molecule has 4 heteroatoms. The van der Waals surface area contributed by atoms with Crippen LogP contribution in [0.25, 0.3) is 0 Å². The number of rotatable bonds is 2. The lowest BCUT2D eigenvalue weighted by Crippen LogP contribution is -2.39. The molecule has 0 radical (unpaired) electrons. The number of nitrogens with zero attached hydrogens (tertiary/aromatic N) is 2. The van der Waals surface area contributed by atoms with Crippen LogP contribution in [-0.2, 0) is 0 Å². The highest BCUT2D eigenvalue weighted by Crippen LogP contribution is 2.29. The van der Waals surface area contributed by atoms with Crippen molar-refractivity contribution in [3.63, 3.8) is 0 Å². The summed E-state index contributed by atoms with van der Waals surface area (Å²) in [6.07, 6.45) is 2.68. The van der Waals surface area contributed by atoms with Gasteiger partial charge in [-0.1, -0.05) is 13.8 Å². The number of carbonyl (C=O) groups is 1. The third-order valence-electron chi connectivity index (χ3n) is 3.46. The van der Waals surface area contributed by atoms with Crippen molar-refractivity contribution in [3.05, 3.63) is 23.5 Å². The van der Waals surface area contributed by atoms with Gasteiger partial charge in [0.15, 0.2) is 0 Å². The van der Waals surface area contributed by atoms with E-state index < -0.39 is 5.97 Å². The van der Waals surface area contributed by atoms with Gasteiger partial charge in [-0.3, -0.25) is 4.98 Å². The van der Waals surface area contributed by atoms with Crippen LogP contribution in [0.3, 0.4) is 0 Å². The van der Waals surface area contributed by atoms with Crippen LogP contribution < -0.4 is 4.90 Å².